The van der Waals surface area contributed by atoms with Crippen molar-refractivity contribution in [3.05, 3.63) is 34.3 Å². The number of halogens is 1. The van der Waals surface area contributed by atoms with E-state index in [1.807, 2.05) is 0 Å². The Bertz CT molecular complexity index is 484. The van der Waals surface area contributed by atoms with Gasteiger partial charge >= 0.3 is 0 Å². The number of benzene rings is 1. The number of piperidine rings is 2. The van der Waals surface area contributed by atoms with Crippen LogP contribution >= 0.6 is 15.9 Å². The van der Waals surface area contributed by atoms with Gasteiger partial charge < -0.3 is 9.80 Å². The topological polar surface area (TPSA) is 6.48 Å². The van der Waals surface area contributed by atoms with E-state index in [1.165, 1.54) is 81.4 Å². The zero-order valence-electron chi connectivity index (χ0n) is 14.5. The summed E-state index contributed by atoms with van der Waals surface area (Å²) in [5.41, 5.74) is 1.46. The molecular formula is C20H31BrN2. The molecular weight excluding hydrogens is 348 g/mol. The second kappa shape index (κ2) is 8.64. The SMILES string of the molecule is CC(CN1CCCC(CN2CCCCC2)C1)c1cccc(Br)c1. The Labute approximate surface area is 150 Å². The summed E-state index contributed by atoms with van der Waals surface area (Å²) in [6.07, 6.45) is 7.08. The van der Waals surface area contributed by atoms with Gasteiger partial charge in [0, 0.05) is 24.1 Å². The van der Waals surface area contributed by atoms with Gasteiger partial charge in [-0.05, 0) is 74.8 Å². The lowest BCUT2D eigenvalue weighted by Crippen LogP contribution is -2.43. The average molecular weight is 379 g/mol. The van der Waals surface area contributed by atoms with Crippen molar-refractivity contribution in [3.63, 3.8) is 0 Å². The van der Waals surface area contributed by atoms with E-state index < -0.39 is 0 Å². The van der Waals surface area contributed by atoms with Gasteiger partial charge in [-0.15, -0.1) is 0 Å². The van der Waals surface area contributed by atoms with Crippen molar-refractivity contribution in [2.24, 2.45) is 5.92 Å². The Kier molecular flexibility index (Phi) is 6.55. The van der Waals surface area contributed by atoms with Crippen molar-refractivity contribution in [2.45, 2.75) is 44.9 Å². The number of nitrogens with zero attached hydrogens (tertiary/aromatic N) is 2. The Morgan fingerprint density at radius 2 is 1.87 bits per heavy atom. The van der Waals surface area contributed by atoms with Crippen molar-refractivity contribution in [3.8, 4) is 0 Å². The molecule has 0 saturated carbocycles. The molecule has 0 amide bonds. The zero-order valence-corrected chi connectivity index (χ0v) is 16.1. The molecule has 1 aromatic rings. The quantitative estimate of drug-likeness (QED) is 0.729. The lowest BCUT2D eigenvalue weighted by atomic mass is 9.94. The van der Waals surface area contributed by atoms with E-state index in [1.54, 1.807) is 0 Å². The first kappa shape index (κ1) is 17.4. The predicted molar refractivity (Wildman–Crippen MR) is 102 cm³/mol. The lowest BCUT2D eigenvalue weighted by molar-refractivity contribution is 0.119. The third-order valence-corrected chi connectivity index (χ3v) is 6.01. The van der Waals surface area contributed by atoms with Gasteiger partial charge in [-0.1, -0.05) is 41.4 Å². The molecule has 0 radical (unpaired) electrons. The molecule has 2 nitrogen and oxygen atoms in total. The van der Waals surface area contributed by atoms with Crippen LogP contribution in [0.5, 0.6) is 0 Å². The first-order valence-corrected chi connectivity index (χ1v) is 10.2. The highest BCUT2D eigenvalue weighted by Gasteiger charge is 2.24. The van der Waals surface area contributed by atoms with Crippen LogP contribution in [0.15, 0.2) is 28.7 Å². The number of hydrogen-bond donors (Lipinski definition) is 0. The van der Waals surface area contributed by atoms with E-state index in [0.717, 1.165) is 5.92 Å². The Hall–Kier alpha value is -0.380. The van der Waals surface area contributed by atoms with Gasteiger partial charge in [0.1, 0.15) is 0 Å². The normalized spacial score (nSPS) is 25.4. The van der Waals surface area contributed by atoms with E-state index >= 15 is 0 Å². The number of likely N-dealkylation sites (tertiary alicyclic amines) is 2. The van der Waals surface area contributed by atoms with Crippen LogP contribution in [0.2, 0.25) is 0 Å². The highest BCUT2D eigenvalue weighted by Crippen LogP contribution is 2.24. The van der Waals surface area contributed by atoms with E-state index in [-0.39, 0.29) is 0 Å². The van der Waals surface area contributed by atoms with Gasteiger partial charge in [0.05, 0.1) is 0 Å². The first-order chi connectivity index (χ1) is 11.2. The highest BCUT2D eigenvalue weighted by molar-refractivity contribution is 9.10. The van der Waals surface area contributed by atoms with Crippen molar-refractivity contribution in [1.29, 1.82) is 0 Å². The van der Waals surface area contributed by atoms with Gasteiger partial charge in [0.2, 0.25) is 0 Å². The monoisotopic (exact) mass is 378 g/mol. The summed E-state index contributed by atoms with van der Waals surface area (Å²) in [5.74, 6) is 1.50. The number of hydrogen-bond acceptors (Lipinski definition) is 2. The second-order valence-corrected chi connectivity index (χ2v) is 8.50. The van der Waals surface area contributed by atoms with Crippen LogP contribution in [-0.4, -0.2) is 49.1 Å². The largest absolute Gasteiger partial charge is 0.303 e. The summed E-state index contributed by atoms with van der Waals surface area (Å²) >= 11 is 3.60. The van der Waals surface area contributed by atoms with Gasteiger partial charge in [0.25, 0.3) is 0 Å². The van der Waals surface area contributed by atoms with Crippen molar-refractivity contribution >= 4 is 15.9 Å². The third-order valence-electron chi connectivity index (χ3n) is 5.52. The molecule has 3 rings (SSSR count). The predicted octanol–water partition coefficient (Wildman–Crippen LogP) is 4.75. The summed E-state index contributed by atoms with van der Waals surface area (Å²) in [6, 6.07) is 8.82. The maximum Gasteiger partial charge on any atom is 0.0178 e. The maximum absolute atomic E-state index is 3.60. The van der Waals surface area contributed by atoms with E-state index in [9.17, 15) is 0 Å². The molecule has 128 valence electrons. The molecule has 23 heavy (non-hydrogen) atoms. The fourth-order valence-corrected chi connectivity index (χ4v) is 4.70. The zero-order chi connectivity index (χ0) is 16.1. The number of rotatable bonds is 5. The minimum Gasteiger partial charge on any atom is -0.303 e. The van der Waals surface area contributed by atoms with Gasteiger partial charge in [0.15, 0.2) is 0 Å². The van der Waals surface area contributed by atoms with Gasteiger partial charge in [-0.3, -0.25) is 0 Å². The van der Waals surface area contributed by atoms with Crippen molar-refractivity contribution in [2.75, 3.05) is 39.3 Å². The third kappa shape index (κ3) is 5.30. The van der Waals surface area contributed by atoms with Crippen LogP contribution < -0.4 is 0 Å². The van der Waals surface area contributed by atoms with E-state index in [0.29, 0.717) is 5.92 Å². The Morgan fingerprint density at radius 1 is 1.09 bits per heavy atom. The fourth-order valence-electron chi connectivity index (χ4n) is 4.28. The molecule has 2 saturated heterocycles. The minimum absolute atomic E-state index is 0.612. The molecule has 2 fully saturated rings. The fraction of sp³-hybridized carbons (Fsp3) is 0.700. The molecule has 1 aromatic carbocycles. The Morgan fingerprint density at radius 3 is 2.65 bits per heavy atom. The van der Waals surface area contributed by atoms with E-state index in [4.69, 9.17) is 0 Å². The van der Waals surface area contributed by atoms with Crippen LogP contribution in [-0.2, 0) is 0 Å². The standard InChI is InChI=1S/C20H31BrN2/c1-17(19-8-5-9-20(21)13-19)14-23-12-6-7-18(16-23)15-22-10-3-2-4-11-22/h5,8-9,13,17-18H,2-4,6-7,10-12,14-16H2,1H3. The Balaban J connectivity index is 1.49. The van der Waals surface area contributed by atoms with Crippen LogP contribution in [0.3, 0.4) is 0 Å². The molecule has 2 aliphatic heterocycles. The molecule has 0 aliphatic carbocycles. The average Bonchev–Trinajstić information content (AvgIpc) is 2.56. The molecule has 0 N–H and O–H groups in total. The molecule has 0 spiro atoms. The maximum atomic E-state index is 3.60. The summed E-state index contributed by atoms with van der Waals surface area (Å²) in [6.45, 7) is 10.2. The van der Waals surface area contributed by atoms with E-state index in [2.05, 4.69) is 56.9 Å². The van der Waals surface area contributed by atoms with Crippen LogP contribution in [0, 0.1) is 5.92 Å². The summed E-state index contributed by atoms with van der Waals surface area (Å²) in [7, 11) is 0. The second-order valence-electron chi connectivity index (χ2n) is 7.59. The first-order valence-electron chi connectivity index (χ1n) is 9.41. The van der Waals surface area contributed by atoms with Crippen LogP contribution in [0.25, 0.3) is 0 Å². The van der Waals surface area contributed by atoms with Crippen LogP contribution in [0.4, 0.5) is 0 Å². The van der Waals surface area contributed by atoms with Gasteiger partial charge in [-0.25, -0.2) is 0 Å². The van der Waals surface area contributed by atoms with Crippen LogP contribution in [0.1, 0.15) is 50.5 Å². The minimum atomic E-state index is 0.612. The highest BCUT2D eigenvalue weighted by atomic mass is 79.9. The molecule has 2 unspecified atom stereocenters. The molecule has 2 aliphatic rings. The summed E-state index contributed by atoms with van der Waals surface area (Å²) < 4.78 is 1.20. The molecule has 0 aromatic heterocycles. The summed E-state index contributed by atoms with van der Waals surface area (Å²) in [4.78, 5) is 5.43. The van der Waals surface area contributed by atoms with Crippen molar-refractivity contribution < 1.29 is 0 Å². The molecule has 3 heteroatoms. The molecule has 2 heterocycles. The smallest absolute Gasteiger partial charge is 0.0178 e. The summed E-state index contributed by atoms with van der Waals surface area (Å²) in [5, 5.41) is 0. The van der Waals surface area contributed by atoms with Gasteiger partial charge in [-0.2, -0.15) is 0 Å². The van der Waals surface area contributed by atoms with Crippen molar-refractivity contribution in [1.82, 2.24) is 9.80 Å². The lowest BCUT2D eigenvalue weighted by Gasteiger charge is -2.37. The molecule has 0 bridgehead atoms. The molecule has 2 atom stereocenters.